The molecule has 0 saturated heterocycles. The highest BCUT2D eigenvalue weighted by atomic mass is 16.5. The van der Waals surface area contributed by atoms with Crippen molar-refractivity contribution in [2.24, 2.45) is 9.98 Å². The molecular formula is C7H12N2O. The first-order chi connectivity index (χ1) is 4.76. The minimum Gasteiger partial charge on any atom is -0.491 e. The van der Waals surface area contributed by atoms with Gasteiger partial charge in [0.25, 0.3) is 0 Å². The standard InChI is InChI=1S/C7H12N2O/c1-5-10-6(2)7(8-3)9-4/h2-3,5H2,1,4H3/b9-7-. The fraction of sp³-hybridized carbons (Fsp3) is 0.429. The number of nitrogens with zero attached hydrogens (tertiary/aromatic N) is 2. The van der Waals surface area contributed by atoms with Crippen molar-refractivity contribution in [1.29, 1.82) is 0 Å². The predicted octanol–water partition coefficient (Wildman–Crippen LogP) is 1.27. The van der Waals surface area contributed by atoms with Crippen LogP contribution < -0.4 is 0 Å². The van der Waals surface area contributed by atoms with Crippen molar-refractivity contribution >= 4 is 12.6 Å². The highest BCUT2D eigenvalue weighted by Gasteiger charge is 1.98. The summed E-state index contributed by atoms with van der Waals surface area (Å²) >= 11 is 0. The van der Waals surface area contributed by atoms with Crippen LogP contribution in [0.4, 0.5) is 0 Å². The second kappa shape index (κ2) is 4.73. The molecule has 0 saturated carbocycles. The first-order valence-electron chi connectivity index (χ1n) is 3.01. The Labute approximate surface area is 61.1 Å². The van der Waals surface area contributed by atoms with E-state index in [9.17, 15) is 0 Å². The lowest BCUT2D eigenvalue weighted by atomic mass is 10.5. The lowest BCUT2D eigenvalue weighted by molar-refractivity contribution is 0.250. The second-order valence-electron chi connectivity index (χ2n) is 1.56. The zero-order valence-corrected chi connectivity index (χ0v) is 6.42. The summed E-state index contributed by atoms with van der Waals surface area (Å²) in [6, 6.07) is 0. The van der Waals surface area contributed by atoms with Gasteiger partial charge in [-0.1, -0.05) is 6.58 Å². The van der Waals surface area contributed by atoms with E-state index in [-0.39, 0.29) is 0 Å². The number of amidine groups is 1. The molecule has 0 rings (SSSR count). The Morgan fingerprint density at radius 3 is 2.50 bits per heavy atom. The molecule has 0 aliphatic carbocycles. The minimum absolute atomic E-state index is 0.460. The summed E-state index contributed by atoms with van der Waals surface area (Å²) < 4.78 is 5.03. The van der Waals surface area contributed by atoms with Crippen LogP contribution in [-0.4, -0.2) is 26.2 Å². The van der Waals surface area contributed by atoms with Gasteiger partial charge in [-0.3, -0.25) is 4.99 Å². The van der Waals surface area contributed by atoms with Crippen molar-refractivity contribution in [3.63, 3.8) is 0 Å². The van der Waals surface area contributed by atoms with Crippen LogP contribution in [0.2, 0.25) is 0 Å². The summed E-state index contributed by atoms with van der Waals surface area (Å²) in [5.41, 5.74) is 0. The van der Waals surface area contributed by atoms with Crippen LogP contribution in [0.3, 0.4) is 0 Å². The lowest BCUT2D eigenvalue weighted by Gasteiger charge is -2.03. The van der Waals surface area contributed by atoms with Crippen LogP contribution in [-0.2, 0) is 4.74 Å². The molecule has 0 aromatic rings. The van der Waals surface area contributed by atoms with Crippen LogP contribution >= 0.6 is 0 Å². The average molecular weight is 140 g/mol. The average Bonchev–Trinajstić information content (AvgIpc) is 1.91. The summed E-state index contributed by atoms with van der Waals surface area (Å²) in [7, 11) is 1.62. The Kier molecular flexibility index (Phi) is 4.20. The topological polar surface area (TPSA) is 34.0 Å². The molecule has 56 valence electrons. The molecule has 0 aliphatic rings. The fourth-order valence-electron chi connectivity index (χ4n) is 0.522. The molecular weight excluding hydrogens is 128 g/mol. The molecule has 0 aliphatic heterocycles. The highest BCUT2D eigenvalue weighted by molar-refractivity contribution is 5.98. The van der Waals surface area contributed by atoms with E-state index in [4.69, 9.17) is 4.74 Å². The SMILES string of the molecule is C=N/C(=N\C)C(=C)OCC. The van der Waals surface area contributed by atoms with E-state index in [1.165, 1.54) is 0 Å². The van der Waals surface area contributed by atoms with Crippen LogP contribution in [0.5, 0.6) is 0 Å². The third-order valence-electron chi connectivity index (χ3n) is 0.930. The van der Waals surface area contributed by atoms with Gasteiger partial charge in [-0.25, -0.2) is 4.99 Å². The van der Waals surface area contributed by atoms with Crippen molar-refractivity contribution in [3.8, 4) is 0 Å². The van der Waals surface area contributed by atoms with Gasteiger partial charge in [-0.15, -0.1) is 0 Å². The third kappa shape index (κ3) is 2.44. The molecule has 0 spiro atoms. The zero-order valence-electron chi connectivity index (χ0n) is 6.42. The van der Waals surface area contributed by atoms with Gasteiger partial charge in [0, 0.05) is 7.05 Å². The van der Waals surface area contributed by atoms with Gasteiger partial charge in [0.2, 0.25) is 0 Å². The highest BCUT2D eigenvalue weighted by Crippen LogP contribution is 1.97. The van der Waals surface area contributed by atoms with E-state index >= 15 is 0 Å². The Morgan fingerprint density at radius 2 is 2.20 bits per heavy atom. The van der Waals surface area contributed by atoms with Crippen molar-refractivity contribution in [3.05, 3.63) is 12.3 Å². The van der Waals surface area contributed by atoms with Crippen LogP contribution in [0, 0.1) is 0 Å². The van der Waals surface area contributed by atoms with Gasteiger partial charge >= 0.3 is 0 Å². The lowest BCUT2D eigenvalue weighted by Crippen LogP contribution is -2.01. The summed E-state index contributed by atoms with van der Waals surface area (Å²) in [4.78, 5) is 7.39. The Morgan fingerprint density at radius 1 is 1.60 bits per heavy atom. The molecule has 0 unspecified atom stereocenters. The number of ether oxygens (including phenoxy) is 1. The van der Waals surface area contributed by atoms with Crippen molar-refractivity contribution in [2.75, 3.05) is 13.7 Å². The number of hydrogen-bond donors (Lipinski definition) is 0. The number of hydrogen-bond acceptors (Lipinski definition) is 2. The first-order valence-corrected chi connectivity index (χ1v) is 3.01. The molecule has 10 heavy (non-hydrogen) atoms. The third-order valence-corrected chi connectivity index (χ3v) is 0.930. The maximum absolute atomic E-state index is 5.03. The molecule has 0 aromatic heterocycles. The van der Waals surface area contributed by atoms with E-state index in [0.717, 1.165) is 0 Å². The van der Waals surface area contributed by atoms with Crippen molar-refractivity contribution < 1.29 is 4.74 Å². The number of rotatable bonds is 3. The monoisotopic (exact) mass is 140 g/mol. The summed E-state index contributed by atoms with van der Waals surface area (Å²) in [5, 5.41) is 0. The molecule has 0 amide bonds. The van der Waals surface area contributed by atoms with Gasteiger partial charge < -0.3 is 4.74 Å². The van der Waals surface area contributed by atoms with Crippen molar-refractivity contribution in [2.45, 2.75) is 6.92 Å². The Balaban J connectivity index is 4.04. The second-order valence-corrected chi connectivity index (χ2v) is 1.56. The normalized spacial score (nSPS) is 10.8. The maximum atomic E-state index is 5.03. The Bertz CT molecular complexity index is 161. The van der Waals surface area contributed by atoms with Gasteiger partial charge in [0.15, 0.2) is 11.6 Å². The first kappa shape index (κ1) is 8.88. The van der Waals surface area contributed by atoms with Crippen molar-refractivity contribution in [1.82, 2.24) is 0 Å². The Hall–Kier alpha value is -1.12. The molecule has 3 nitrogen and oxygen atoms in total. The molecule has 0 atom stereocenters. The molecule has 0 bridgehead atoms. The number of aliphatic imine (C=N–C) groups is 2. The smallest absolute Gasteiger partial charge is 0.188 e. The molecule has 0 heterocycles. The van der Waals surface area contributed by atoms with E-state index in [2.05, 4.69) is 23.3 Å². The maximum Gasteiger partial charge on any atom is 0.188 e. The van der Waals surface area contributed by atoms with Crippen LogP contribution in [0.25, 0.3) is 0 Å². The summed E-state index contributed by atoms with van der Waals surface area (Å²) in [6.45, 7) is 9.37. The van der Waals surface area contributed by atoms with Gasteiger partial charge in [-0.05, 0) is 13.6 Å². The largest absolute Gasteiger partial charge is 0.491 e. The van der Waals surface area contributed by atoms with Gasteiger partial charge in [0.05, 0.1) is 6.61 Å². The predicted molar refractivity (Wildman–Crippen MR) is 43.7 cm³/mol. The molecule has 0 N–H and O–H groups in total. The van der Waals surface area contributed by atoms with Gasteiger partial charge in [0.1, 0.15) is 0 Å². The van der Waals surface area contributed by atoms with Crippen LogP contribution in [0.15, 0.2) is 22.3 Å². The van der Waals surface area contributed by atoms with E-state index in [1.54, 1.807) is 7.05 Å². The quantitative estimate of drug-likeness (QED) is 0.330. The molecule has 0 radical (unpaired) electrons. The molecule has 0 fully saturated rings. The van der Waals surface area contributed by atoms with Crippen LogP contribution in [0.1, 0.15) is 6.92 Å². The summed E-state index contributed by atoms with van der Waals surface area (Å²) in [6.07, 6.45) is 0. The zero-order chi connectivity index (χ0) is 7.98. The van der Waals surface area contributed by atoms with E-state index < -0.39 is 0 Å². The van der Waals surface area contributed by atoms with E-state index in [1.807, 2.05) is 6.92 Å². The van der Waals surface area contributed by atoms with E-state index in [0.29, 0.717) is 18.2 Å². The molecule has 0 aromatic carbocycles. The molecule has 3 heteroatoms. The van der Waals surface area contributed by atoms with Gasteiger partial charge in [-0.2, -0.15) is 0 Å². The minimum atomic E-state index is 0.460. The summed E-state index contributed by atoms with van der Waals surface area (Å²) in [5.74, 6) is 0.932. The fourth-order valence-corrected chi connectivity index (χ4v) is 0.522.